The first-order valence-corrected chi connectivity index (χ1v) is 6.79. The molecule has 128 valence electrons. The SMILES string of the molecule is C=CCOc1c(O)cccc1C=C(C(N)=O)C(CC(=O)O)C(=O)O. The van der Waals surface area contributed by atoms with E-state index in [1.807, 2.05) is 0 Å². The van der Waals surface area contributed by atoms with E-state index in [0.717, 1.165) is 6.08 Å². The number of primary amides is 1. The van der Waals surface area contributed by atoms with Crippen LogP contribution in [0.2, 0.25) is 0 Å². The van der Waals surface area contributed by atoms with Gasteiger partial charge in [-0.3, -0.25) is 14.4 Å². The number of amides is 1. The Morgan fingerprint density at radius 2 is 1.96 bits per heavy atom. The number of hydrogen-bond acceptors (Lipinski definition) is 5. The number of phenols is 1. The van der Waals surface area contributed by atoms with Gasteiger partial charge in [-0.2, -0.15) is 0 Å². The van der Waals surface area contributed by atoms with Gasteiger partial charge in [0.2, 0.25) is 5.91 Å². The van der Waals surface area contributed by atoms with Gasteiger partial charge in [-0.25, -0.2) is 0 Å². The molecule has 0 spiro atoms. The molecule has 1 unspecified atom stereocenters. The van der Waals surface area contributed by atoms with E-state index in [2.05, 4.69) is 6.58 Å². The molecule has 0 saturated heterocycles. The Labute approximate surface area is 137 Å². The molecule has 1 aromatic carbocycles. The lowest BCUT2D eigenvalue weighted by Gasteiger charge is -2.14. The summed E-state index contributed by atoms with van der Waals surface area (Å²) in [5.74, 6) is -5.85. The minimum absolute atomic E-state index is 0.00406. The van der Waals surface area contributed by atoms with Gasteiger partial charge in [0.15, 0.2) is 11.5 Å². The van der Waals surface area contributed by atoms with E-state index in [9.17, 15) is 24.6 Å². The number of hydrogen-bond donors (Lipinski definition) is 4. The maximum Gasteiger partial charge on any atom is 0.311 e. The normalized spacial score (nSPS) is 12.2. The van der Waals surface area contributed by atoms with Crippen LogP contribution in [0.4, 0.5) is 0 Å². The zero-order valence-electron chi connectivity index (χ0n) is 12.6. The average Bonchev–Trinajstić information content (AvgIpc) is 2.49. The van der Waals surface area contributed by atoms with Gasteiger partial charge in [-0.05, 0) is 12.1 Å². The predicted octanol–water partition coefficient (Wildman–Crippen LogP) is 1.00. The molecule has 0 radical (unpaired) electrons. The van der Waals surface area contributed by atoms with Crippen LogP contribution in [0.15, 0.2) is 36.4 Å². The molecule has 0 aromatic heterocycles. The van der Waals surface area contributed by atoms with Gasteiger partial charge in [-0.15, -0.1) is 0 Å². The Kier molecular flexibility index (Phi) is 6.54. The summed E-state index contributed by atoms with van der Waals surface area (Å²) in [7, 11) is 0. The monoisotopic (exact) mass is 335 g/mol. The second kappa shape index (κ2) is 8.37. The Morgan fingerprint density at radius 3 is 2.46 bits per heavy atom. The summed E-state index contributed by atoms with van der Waals surface area (Å²) < 4.78 is 5.29. The fraction of sp³-hybridized carbons (Fsp3) is 0.188. The highest BCUT2D eigenvalue weighted by Gasteiger charge is 2.29. The maximum atomic E-state index is 11.6. The van der Waals surface area contributed by atoms with Gasteiger partial charge in [0.05, 0.1) is 12.3 Å². The van der Waals surface area contributed by atoms with Crippen LogP contribution in [0, 0.1) is 5.92 Å². The van der Waals surface area contributed by atoms with Gasteiger partial charge in [0, 0.05) is 11.1 Å². The number of rotatable bonds is 9. The minimum Gasteiger partial charge on any atom is -0.504 e. The fourth-order valence-electron chi connectivity index (χ4n) is 1.97. The highest BCUT2D eigenvalue weighted by atomic mass is 16.5. The summed E-state index contributed by atoms with van der Waals surface area (Å²) in [6.07, 6.45) is 1.72. The molecule has 0 heterocycles. The van der Waals surface area contributed by atoms with Crippen LogP contribution in [0.25, 0.3) is 6.08 Å². The van der Waals surface area contributed by atoms with Crippen molar-refractivity contribution in [3.63, 3.8) is 0 Å². The third kappa shape index (κ3) is 4.87. The van der Waals surface area contributed by atoms with Crippen molar-refractivity contribution < 1.29 is 34.4 Å². The van der Waals surface area contributed by atoms with E-state index in [1.165, 1.54) is 24.3 Å². The first-order chi connectivity index (χ1) is 11.3. The van der Waals surface area contributed by atoms with Crippen LogP contribution >= 0.6 is 0 Å². The van der Waals surface area contributed by atoms with E-state index in [1.54, 1.807) is 0 Å². The standard InChI is InChI=1S/C16H17NO7/c1-2-6-24-14-9(4-3-5-12(14)18)7-10(15(17)21)11(16(22)23)8-13(19)20/h2-5,7,11,18H,1,6,8H2,(H2,17,21)(H,19,20)(H,22,23). The molecule has 8 nitrogen and oxygen atoms in total. The second-order valence-corrected chi connectivity index (χ2v) is 4.75. The topological polar surface area (TPSA) is 147 Å². The molecule has 24 heavy (non-hydrogen) atoms. The zero-order chi connectivity index (χ0) is 18.3. The lowest BCUT2D eigenvalue weighted by Crippen LogP contribution is -2.28. The fourth-order valence-corrected chi connectivity index (χ4v) is 1.97. The summed E-state index contributed by atoms with van der Waals surface area (Å²) >= 11 is 0. The molecule has 0 fully saturated rings. The summed E-state index contributed by atoms with van der Waals surface area (Å²) in [6, 6.07) is 4.25. The molecule has 1 atom stereocenters. The number of carboxylic acids is 2. The second-order valence-electron chi connectivity index (χ2n) is 4.75. The summed E-state index contributed by atoms with van der Waals surface area (Å²) in [5, 5.41) is 27.9. The van der Waals surface area contributed by atoms with Crippen molar-refractivity contribution in [2.24, 2.45) is 11.7 Å². The number of aromatic hydroxyl groups is 1. The van der Waals surface area contributed by atoms with Crippen molar-refractivity contribution >= 4 is 23.9 Å². The molecule has 5 N–H and O–H groups in total. The molecule has 0 aliphatic rings. The van der Waals surface area contributed by atoms with Gasteiger partial charge in [0.1, 0.15) is 6.61 Å². The number of carbonyl (C=O) groups excluding carboxylic acids is 1. The number of nitrogens with two attached hydrogens (primary N) is 1. The van der Waals surface area contributed by atoms with Gasteiger partial charge in [-0.1, -0.05) is 24.8 Å². The quantitative estimate of drug-likeness (QED) is 0.389. The number of carboxylic acid groups (broad SMARTS) is 2. The number of para-hydroxylation sites is 1. The van der Waals surface area contributed by atoms with Crippen LogP contribution in [-0.2, 0) is 14.4 Å². The van der Waals surface area contributed by atoms with Crippen LogP contribution in [0.1, 0.15) is 12.0 Å². The molecule has 0 saturated carbocycles. The molecule has 0 aliphatic carbocycles. The smallest absolute Gasteiger partial charge is 0.311 e. The maximum absolute atomic E-state index is 11.6. The van der Waals surface area contributed by atoms with E-state index in [0.29, 0.717) is 0 Å². The number of ether oxygens (including phenoxy) is 1. The molecular formula is C16H17NO7. The van der Waals surface area contributed by atoms with Crippen molar-refractivity contribution in [1.82, 2.24) is 0 Å². The molecule has 1 rings (SSSR count). The van der Waals surface area contributed by atoms with Crippen molar-refractivity contribution in [3.05, 3.63) is 42.0 Å². The summed E-state index contributed by atoms with van der Waals surface area (Å²) in [6.45, 7) is 3.53. The average molecular weight is 335 g/mol. The number of phenolic OH excluding ortho intramolecular Hbond substituents is 1. The van der Waals surface area contributed by atoms with Crippen molar-refractivity contribution in [3.8, 4) is 11.5 Å². The lowest BCUT2D eigenvalue weighted by atomic mass is 9.93. The van der Waals surface area contributed by atoms with Crippen LogP contribution in [0.5, 0.6) is 11.5 Å². The number of aliphatic carboxylic acids is 2. The van der Waals surface area contributed by atoms with Gasteiger partial charge >= 0.3 is 11.9 Å². The molecular weight excluding hydrogens is 318 g/mol. The zero-order valence-corrected chi connectivity index (χ0v) is 12.6. The van der Waals surface area contributed by atoms with Gasteiger partial charge < -0.3 is 25.8 Å². The predicted molar refractivity (Wildman–Crippen MR) is 84.3 cm³/mol. The summed E-state index contributed by atoms with van der Waals surface area (Å²) in [4.78, 5) is 33.7. The molecule has 1 aromatic rings. The van der Waals surface area contributed by atoms with Crippen LogP contribution in [0.3, 0.4) is 0 Å². The highest BCUT2D eigenvalue weighted by Crippen LogP contribution is 2.33. The summed E-state index contributed by atoms with van der Waals surface area (Å²) in [5.41, 5.74) is 4.97. The molecule has 0 aliphatic heterocycles. The van der Waals surface area contributed by atoms with E-state index < -0.39 is 35.8 Å². The van der Waals surface area contributed by atoms with Crippen LogP contribution < -0.4 is 10.5 Å². The molecule has 8 heteroatoms. The Hall–Kier alpha value is -3.29. The van der Waals surface area contributed by atoms with Crippen molar-refractivity contribution in [1.29, 1.82) is 0 Å². The highest BCUT2D eigenvalue weighted by molar-refractivity contribution is 6.03. The third-order valence-corrected chi connectivity index (χ3v) is 3.02. The Bertz CT molecular complexity index is 694. The number of carbonyl (C=O) groups is 3. The number of benzene rings is 1. The van der Waals surface area contributed by atoms with Gasteiger partial charge in [0.25, 0.3) is 0 Å². The van der Waals surface area contributed by atoms with Crippen molar-refractivity contribution in [2.45, 2.75) is 6.42 Å². The van der Waals surface area contributed by atoms with E-state index >= 15 is 0 Å². The lowest BCUT2D eigenvalue weighted by molar-refractivity contribution is -0.147. The van der Waals surface area contributed by atoms with E-state index in [-0.39, 0.29) is 23.7 Å². The minimum atomic E-state index is -1.63. The Morgan fingerprint density at radius 1 is 1.29 bits per heavy atom. The largest absolute Gasteiger partial charge is 0.504 e. The van der Waals surface area contributed by atoms with Crippen LogP contribution in [-0.4, -0.2) is 39.8 Å². The van der Waals surface area contributed by atoms with Crippen molar-refractivity contribution in [2.75, 3.05) is 6.61 Å². The molecule has 0 bridgehead atoms. The van der Waals surface area contributed by atoms with E-state index in [4.69, 9.17) is 15.6 Å². The first kappa shape index (κ1) is 18.8. The third-order valence-electron chi connectivity index (χ3n) is 3.02. The first-order valence-electron chi connectivity index (χ1n) is 6.79. The Balaban J connectivity index is 3.42. The molecule has 1 amide bonds.